The van der Waals surface area contributed by atoms with Gasteiger partial charge in [0.15, 0.2) is 5.17 Å². The van der Waals surface area contributed by atoms with Gasteiger partial charge in [0.05, 0.1) is 16.8 Å². The number of carbonyl (C=O) groups is 1. The number of amides is 1. The highest BCUT2D eigenvalue weighted by Gasteiger charge is 2.31. The predicted molar refractivity (Wildman–Crippen MR) is 120 cm³/mol. The maximum absolute atomic E-state index is 12.5. The van der Waals surface area contributed by atoms with Crippen LogP contribution in [-0.4, -0.2) is 40.4 Å². The summed E-state index contributed by atoms with van der Waals surface area (Å²) in [4.78, 5) is 19.8. The summed E-state index contributed by atoms with van der Waals surface area (Å²) in [5.41, 5.74) is 1.77. The van der Waals surface area contributed by atoms with Crippen LogP contribution in [0.5, 0.6) is 0 Å². The largest absolute Gasteiger partial charge is 0.347 e. The molecular formula is C20H29Cl2N3OS. The number of hydrogen-bond donors (Lipinski definition) is 1. The van der Waals surface area contributed by atoms with E-state index in [-0.39, 0.29) is 24.4 Å². The van der Waals surface area contributed by atoms with Gasteiger partial charge in [0, 0.05) is 24.8 Å². The summed E-state index contributed by atoms with van der Waals surface area (Å²) >= 11 is 8.03. The first kappa shape index (κ1) is 22.4. The minimum Gasteiger partial charge on any atom is -0.347 e. The lowest BCUT2D eigenvalue weighted by molar-refractivity contribution is -0.116. The Balaban J connectivity index is 0.00000261. The Morgan fingerprint density at radius 3 is 2.74 bits per heavy atom. The van der Waals surface area contributed by atoms with Crippen molar-refractivity contribution in [3.8, 4) is 0 Å². The second-order valence-electron chi connectivity index (χ2n) is 7.19. The first-order valence-electron chi connectivity index (χ1n) is 9.60. The molecule has 2 aliphatic rings. The molecule has 3 rings (SSSR count). The fourth-order valence-corrected chi connectivity index (χ4v) is 5.27. The van der Waals surface area contributed by atoms with Gasteiger partial charge < -0.3 is 10.2 Å². The average molecular weight is 430 g/mol. The van der Waals surface area contributed by atoms with E-state index < -0.39 is 0 Å². The zero-order valence-corrected chi connectivity index (χ0v) is 18.4. The summed E-state index contributed by atoms with van der Waals surface area (Å²) in [6.45, 7) is 5.02. The third kappa shape index (κ3) is 6.03. The van der Waals surface area contributed by atoms with Gasteiger partial charge in [-0.3, -0.25) is 9.79 Å². The standard InChI is InChI=1S/C20H28ClN3OS.ClH/c1-3-24-16(13-26-20(24)22-15-7-5-4-6-8-15)12-19(25)23-18-10-9-14(2)11-17(18)21;/h9-11,15-16H,3-8,12-13H2,1-2H3,(H,23,25);1H. The number of nitrogens with one attached hydrogen (secondary N) is 1. The number of hydrogen-bond acceptors (Lipinski definition) is 3. The first-order chi connectivity index (χ1) is 12.6. The molecule has 1 N–H and O–H groups in total. The molecule has 1 saturated heterocycles. The van der Waals surface area contributed by atoms with E-state index in [0.29, 0.717) is 23.2 Å². The highest BCUT2D eigenvalue weighted by molar-refractivity contribution is 8.14. The molecule has 27 heavy (non-hydrogen) atoms. The van der Waals surface area contributed by atoms with Crippen molar-refractivity contribution >= 4 is 52.5 Å². The van der Waals surface area contributed by atoms with Crippen molar-refractivity contribution in [2.24, 2.45) is 4.99 Å². The summed E-state index contributed by atoms with van der Waals surface area (Å²) in [5, 5.41) is 4.68. The van der Waals surface area contributed by atoms with Crippen molar-refractivity contribution in [3.63, 3.8) is 0 Å². The highest BCUT2D eigenvalue weighted by atomic mass is 35.5. The molecule has 0 radical (unpaired) electrons. The van der Waals surface area contributed by atoms with Gasteiger partial charge in [0.2, 0.25) is 5.91 Å². The van der Waals surface area contributed by atoms with Crippen molar-refractivity contribution < 1.29 is 4.79 Å². The Hall–Kier alpha value is -0.910. The number of benzene rings is 1. The van der Waals surface area contributed by atoms with Gasteiger partial charge in [0.25, 0.3) is 0 Å². The molecule has 150 valence electrons. The van der Waals surface area contributed by atoms with Gasteiger partial charge in [-0.15, -0.1) is 12.4 Å². The Labute approximate surface area is 177 Å². The predicted octanol–water partition coefficient (Wildman–Crippen LogP) is 5.52. The van der Waals surface area contributed by atoms with Crippen molar-refractivity contribution in [2.45, 2.75) is 64.5 Å². The third-order valence-electron chi connectivity index (χ3n) is 5.12. The SMILES string of the molecule is CCN1C(=NC2CCCCC2)SCC1CC(=O)Nc1ccc(C)cc1Cl.Cl. The minimum atomic E-state index is 0. The van der Waals surface area contributed by atoms with E-state index in [1.807, 2.05) is 25.1 Å². The molecule has 2 fully saturated rings. The second-order valence-corrected chi connectivity index (χ2v) is 8.58. The zero-order chi connectivity index (χ0) is 18.5. The molecule has 4 nitrogen and oxygen atoms in total. The molecule has 7 heteroatoms. The number of halogens is 2. The molecule has 1 unspecified atom stereocenters. The number of thioether (sulfide) groups is 1. The molecule has 1 aromatic rings. The summed E-state index contributed by atoms with van der Waals surface area (Å²) < 4.78 is 0. The summed E-state index contributed by atoms with van der Waals surface area (Å²) in [6, 6.07) is 6.37. The van der Waals surface area contributed by atoms with E-state index in [1.165, 1.54) is 32.1 Å². The van der Waals surface area contributed by atoms with Crippen LogP contribution in [-0.2, 0) is 4.79 Å². The second kappa shape index (κ2) is 10.6. The first-order valence-corrected chi connectivity index (χ1v) is 11.0. The number of anilines is 1. The molecule has 0 bridgehead atoms. The topological polar surface area (TPSA) is 44.7 Å². The zero-order valence-electron chi connectivity index (χ0n) is 16.0. The summed E-state index contributed by atoms with van der Waals surface area (Å²) in [7, 11) is 0. The normalized spacial score (nSPS) is 22.0. The lowest BCUT2D eigenvalue weighted by atomic mass is 9.96. The van der Waals surface area contributed by atoms with Crippen LogP contribution in [0.1, 0.15) is 51.0 Å². The molecule has 1 saturated carbocycles. The maximum atomic E-state index is 12.5. The van der Waals surface area contributed by atoms with Crippen LogP contribution in [0, 0.1) is 6.92 Å². The van der Waals surface area contributed by atoms with E-state index in [4.69, 9.17) is 16.6 Å². The number of amidine groups is 1. The van der Waals surface area contributed by atoms with E-state index in [1.54, 1.807) is 11.8 Å². The maximum Gasteiger partial charge on any atom is 0.226 e. The summed E-state index contributed by atoms with van der Waals surface area (Å²) in [6.07, 6.45) is 6.81. The molecule has 1 aliphatic heterocycles. The molecule has 1 heterocycles. The number of rotatable bonds is 5. The fraction of sp³-hybridized carbons (Fsp3) is 0.600. The lowest BCUT2D eigenvalue weighted by Gasteiger charge is -2.26. The Morgan fingerprint density at radius 1 is 1.33 bits per heavy atom. The number of nitrogens with zero attached hydrogens (tertiary/aromatic N) is 2. The van der Waals surface area contributed by atoms with E-state index >= 15 is 0 Å². The minimum absolute atomic E-state index is 0. The van der Waals surface area contributed by atoms with Crippen molar-refractivity contribution in [3.05, 3.63) is 28.8 Å². The van der Waals surface area contributed by atoms with Crippen LogP contribution < -0.4 is 5.32 Å². The monoisotopic (exact) mass is 429 g/mol. The molecule has 1 amide bonds. The highest BCUT2D eigenvalue weighted by Crippen LogP contribution is 2.30. The van der Waals surface area contributed by atoms with Crippen LogP contribution >= 0.6 is 35.8 Å². The van der Waals surface area contributed by atoms with Gasteiger partial charge >= 0.3 is 0 Å². The molecule has 1 aromatic carbocycles. The molecule has 1 aliphatic carbocycles. The Kier molecular flexibility index (Phi) is 8.77. The molecule has 1 atom stereocenters. The van der Waals surface area contributed by atoms with Crippen LogP contribution in [0.3, 0.4) is 0 Å². The Bertz CT molecular complexity index is 677. The van der Waals surface area contributed by atoms with Crippen molar-refractivity contribution in [2.75, 3.05) is 17.6 Å². The molecule has 0 aromatic heterocycles. The molecule has 0 spiro atoms. The van der Waals surface area contributed by atoms with Gasteiger partial charge in [0.1, 0.15) is 0 Å². The number of aryl methyl sites for hydroxylation is 1. The van der Waals surface area contributed by atoms with E-state index in [2.05, 4.69) is 17.1 Å². The lowest BCUT2D eigenvalue weighted by Crippen LogP contribution is -2.37. The van der Waals surface area contributed by atoms with Crippen LogP contribution in [0.15, 0.2) is 23.2 Å². The van der Waals surface area contributed by atoms with Gasteiger partial charge in [-0.2, -0.15) is 0 Å². The van der Waals surface area contributed by atoms with Crippen LogP contribution in [0.25, 0.3) is 0 Å². The third-order valence-corrected chi connectivity index (χ3v) is 6.58. The smallest absolute Gasteiger partial charge is 0.226 e. The van der Waals surface area contributed by atoms with Crippen LogP contribution in [0.4, 0.5) is 5.69 Å². The van der Waals surface area contributed by atoms with Gasteiger partial charge in [-0.25, -0.2) is 0 Å². The number of carbonyl (C=O) groups excluding carboxylic acids is 1. The van der Waals surface area contributed by atoms with E-state index in [0.717, 1.165) is 23.0 Å². The van der Waals surface area contributed by atoms with Crippen LogP contribution in [0.2, 0.25) is 5.02 Å². The van der Waals surface area contributed by atoms with Gasteiger partial charge in [-0.05, 0) is 44.4 Å². The Morgan fingerprint density at radius 2 is 2.07 bits per heavy atom. The van der Waals surface area contributed by atoms with E-state index in [9.17, 15) is 4.79 Å². The quantitative estimate of drug-likeness (QED) is 0.669. The van der Waals surface area contributed by atoms with Crippen molar-refractivity contribution in [1.29, 1.82) is 0 Å². The average Bonchev–Trinajstić information content (AvgIpc) is 2.99. The van der Waals surface area contributed by atoms with Gasteiger partial charge in [-0.1, -0.05) is 48.7 Å². The molecular weight excluding hydrogens is 401 g/mol. The number of aliphatic imine (C=N–C) groups is 1. The fourth-order valence-electron chi connectivity index (χ4n) is 3.68. The summed E-state index contributed by atoms with van der Waals surface area (Å²) in [5.74, 6) is 0.938. The van der Waals surface area contributed by atoms with Crippen molar-refractivity contribution in [1.82, 2.24) is 4.90 Å².